The molecule has 6 nitrogen and oxygen atoms in total. The molecule has 1 atom stereocenters. The molecule has 2 N–H and O–H groups in total. The number of nitrogens with zero attached hydrogens (tertiary/aromatic N) is 2. The van der Waals surface area contributed by atoms with Gasteiger partial charge in [-0.25, -0.2) is 0 Å². The van der Waals surface area contributed by atoms with E-state index in [1.807, 2.05) is 20.9 Å². The van der Waals surface area contributed by atoms with Crippen LogP contribution in [-0.2, 0) is 11.3 Å². The highest BCUT2D eigenvalue weighted by Gasteiger charge is 2.27. The van der Waals surface area contributed by atoms with Crippen LogP contribution in [0.3, 0.4) is 0 Å². The van der Waals surface area contributed by atoms with E-state index in [1.165, 1.54) is 18.4 Å². The Morgan fingerprint density at radius 2 is 1.88 bits per heavy atom. The third-order valence-electron chi connectivity index (χ3n) is 5.40. The summed E-state index contributed by atoms with van der Waals surface area (Å²) in [6.45, 7) is 13.9. The molecule has 0 radical (unpaired) electrons. The maximum Gasteiger partial charge on any atom is 0.191 e. The van der Waals surface area contributed by atoms with E-state index in [9.17, 15) is 0 Å². The van der Waals surface area contributed by atoms with Crippen molar-refractivity contribution in [2.24, 2.45) is 10.9 Å². The van der Waals surface area contributed by atoms with Gasteiger partial charge in [-0.05, 0) is 25.8 Å². The highest BCUT2D eigenvalue weighted by molar-refractivity contribution is 5.79. The first kappa shape index (κ1) is 20.8. The van der Waals surface area contributed by atoms with Crippen molar-refractivity contribution >= 4 is 5.96 Å². The van der Waals surface area contributed by atoms with Gasteiger partial charge in [-0.15, -0.1) is 0 Å². The lowest BCUT2D eigenvalue weighted by Crippen LogP contribution is -2.53. The fourth-order valence-corrected chi connectivity index (χ4v) is 3.80. The lowest BCUT2D eigenvalue weighted by atomic mass is 9.92. The average Bonchev–Trinajstić information content (AvgIpc) is 2.99. The fraction of sp³-hybridized carbons (Fsp3) is 0.750. The van der Waals surface area contributed by atoms with E-state index in [-0.39, 0.29) is 0 Å². The predicted octanol–water partition coefficient (Wildman–Crippen LogP) is 2.70. The zero-order valence-electron chi connectivity index (χ0n) is 17.1. The van der Waals surface area contributed by atoms with Crippen LogP contribution in [0.4, 0.5) is 0 Å². The van der Waals surface area contributed by atoms with Crippen LogP contribution in [0, 0.1) is 19.8 Å². The largest absolute Gasteiger partial charge is 0.466 e. The summed E-state index contributed by atoms with van der Waals surface area (Å²) in [5, 5.41) is 6.95. The Hall–Kier alpha value is -1.53. The molecule has 2 rings (SSSR count). The molecule has 0 bridgehead atoms. The molecule has 0 saturated carbocycles. The first-order valence-corrected chi connectivity index (χ1v) is 9.91. The van der Waals surface area contributed by atoms with Gasteiger partial charge in [-0.1, -0.05) is 26.7 Å². The van der Waals surface area contributed by atoms with Crippen molar-refractivity contribution in [1.82, 2.24) is 15.5 Å². The van der Waals surface area contributed by atoms with Crippen molar-refractivity contribution in [2.45, 2.75) is 53.1 Å². The number of morpholine rings is 1. The number of nitrogens with one attached hydrogen (secondary N) is 2. The smallest absolute Gasteiger partial charge is 0.191 e. The molecular formula is C20H36N4O2. The number of hydrogen-bond donors (Lipinski definition) is 2. The van der Waals surface area contributed by atoms with Crippen LogP contribution in [-0.4, -0.2) is 56.8 Å². The lowest BCUT2D eigenvalue weighted by Gasteiger charge is -2.39. The van der Waals surface area contributed by atoms with Gasteiger partial charge in [0.25, 0.3) is 0 Å². The Bertz CT molecular complexity index is 560. The number of furan rings is 1. The van der Waals surface area contributed by atoms with Crippen LogP contribution in [0.15, 0.2) is 15.5 Å². The van der Waals surface area contributed by atoms with E-state index >= 15 is 0 Å². The fourth-order valence-electron chi connectivity index (χ4n) is 3.80. The molecule has 6 heteroatoms. The zero-order chi connectivity index (χ0) is 18.9. The Morgan fingerprint density at radius 3 is 2.42 bits per heavy atom. The van der Waals surface area contributed by atoms with E-state index in [0.29, 0.717) is 12.0 Å². The van der Waals surface area contributed by atoms with Gasteiger partial charge in [-0.2, -0.15) is 0 Å². The molecule has 1 aromatic rings. The Morgan fingerprint density at radius 1 is 1.19 bits per heavy atom. The highest BCUT2D eigenvalue weighted by Crippen LogP contribution is 2.19. The van der Waals surface area contributed by atoms with Crippen molar-refractivity contribution in [2.75, 3.05) is 39.9 Å². The third-order valence-corrected chi connectivity index (χ3v) is 5.40. The molecule has 1 unspecified atom stereocenters. The number of aliphatic imine (C=N–C) groups is 1. The van der Waals surface area contributed by atoms with E-state index < -0.39 is 0 Å². The molecule has 2 heterocycles. The number of ether oxygens (including phenoxy) is 1. The van der Waals surface area contributed by atoms with Crippen LogP contribution >= 0.6 is 0 Å². The van der Waals surface area contributed by atoms with Crippen molar-refractivity contribution < 1.29 is 9.15 Å². The topological polar surface area (TPSA) is 62.0 Å². The van der Waals surface area contributed by atoms with E-state index in [0.717, 1.165) is 56.9 Å². The molecule has 0 aromatic carbocycles. The monoisotopic (exact) mass is 364 g/mol. The Balaban J connectivity index is 1.92. The molecule has 0 amide bonds. The number of rotatable bonds is 8. The Labute approximate surface area is 158 Å². The van der Waals surface area contributed by atoms with Crippen LogP contribution in [0.1, 0.15) is 43.8 Å². The van der Waals surface area contributed by atoms with Gasteiger partial charge in [0.1, 0.15) is 11.5 Å². The number of hydrogen-bond acceptors (Lipinski definition) is 4. The minimum Gasteiger partial charge on any atom is -0.466 e. The number of guanidine groups is 1. The molecular weight excluding hydrogens is 328 g/mol. The summed E-state index contributed by atoms with van der Waals surface area (Å²) in [5.74, 6) is 3.43. The molecule has 0 spiro atoms. The average molecular weight is 365 g/mol. The van der Waals surface area contributed by atoms with Gasteiger partial charge in [0.15, 0.2) is 5.96 Å². The van der Waals surface area contributed by atoms with Crippen LogP contribution in [0.5, 0.6) is 0 Å². The van der Waals surface area contributed by atoms with Gasteiger partial charge in [0.2, 0.25) is 0 Å². The van der Waals surface area contributed by atoms with Crippen LogP contribution in [0.2, 0.25) is 0 Å². The second kappa shape index (κ2) is 10.6. The maximum absolute atomic E-state index is 5.60. The van der Waals surface area contributed by atoms with Crippen molar-refractivity contribution in [3.8, 4) is 0 Å². The van der Waals surface area contributed by atoms with Gasteiger partial charge in [-0.3, -0.25) is 9.89 Å². The zero-order valence-corrected chi connectivity index (χ0v) is 17.1. The van der Waals surface area contributed by atoms with Crippen LogP contribution in [0.25, 0.3) is 0 Å². The predicted molar refractivity (Wildman–Crippen MR) is 107 cm³/mol. The molecule has 1 aromatic heterocycles. The van der Waals surface area contributed by atoms with Gasteiger partial charge in [0, 0.05) is 44.8 Å². The van der Waals surface area contributed by atoms with E-state index in [2.05, 4.69) is 40.4 Å². The normalized spacial score (nSPS) is 17.5. The van der Waals surface area contributed by atoms with Gasteiger partial charge >= 0.3 is 0 Å². The van der Waals surface area contributed by atoms with Crippen molar-refractivity contribution in [1.29, 1.82) is 0 Å². The molecule has 0 aliphatic carbocycles. The summed E-state index contributed by atoms with van der Waals surface area (Å²) in [6.07, 6.45) is 2.39. The molecule has 1 saturated heterocycles. The van der Waals surface area contributed by atoms with Crippen molar-refractivity contribution in [3.05, 3.63) is 23.2 Å². The second-order valence-electron chi connectivity index (χ2n) is 7.04. The van der Waals surface area contributed by atoms with Crippen LogP contribution < -0.4 is 10.6 Å². The van der Waals surface area contributed by atoms with E-state index in [1.54, 1.807) is 0 Å². The molecule has 1 fully saturated rings. The maximum atomic E-state index is 5.60. The summed E-state index contributed by atoms with van der Waals surface area (Å²) in [4.78, 5) is 6.96. The molecule has 148 valence electrons. The Kier molecular flexibility index (Phi) is 8.45. The summed E-state index contributed by atoms with van der Waals surface area (Å²) >= 11 is 0. The molecule has 1 aliphatic rings. The minimum absolute atomic E-state index is 0.505. The second-order valence-corrected chi connectivity index (χ2v) is 7.04. The standard InChI is InChI=1S/C20H36N4O2/c1-6-17(7-2)19(24-8-10-25-11-9-24)14-23-20(21-5)22-13-18-12-15(3)26-16(18)4/h12,17,19H,6-11,13-14H2,1-5H3,(H2,21,22,23). The van der Waals surface area contributed by atoms with Gasteiger partial charge < -0.3 is 19.8 Å². The van der Waals surface area contributed by atoms with Gasteiger partial charge in [0.05, 0.1) is 13.2 Å². The first-order chi connectivity index (χ1) is 12.6. The molecule has 1 aliphatic heterocycles. The first-order valence-electron chi connectivity index (χ1n) is 9.91. The molecule has 26 heavy (non-hydrogen) atoms. The van der Waals surface area contributed by atoms with E-state index in [4.69, 9.17) is 9.15 Å². The van der Waals surface area contributed by atoms with Crippen molar-refractivity contribution in [3.63, 3.8) is 0 Å². The summed E-state index contributed by atoms with van der Waals surface area (Å²) in [6, 6.07) is 2.58. The summed E-state index contributed by atoms with van der Waals surface area (Å²) in [7, 11) is 1.82. The number of aryl methyl sites for hydroxylation is 2. The summed E-state index contributed by atoms with van der Waals surface area (Å²) < 4.78 is 11.1. The highest BCUT2D eigenvalue weighted by atomic mass is 16.5. The minimum atomic E-state index is 0.505. The SMILES string of the molecule is CCC(CC)C(CNC(=NC)NCc1cc(C)oc1C)N1CCOCC1. The summed E-state index contributed by atoms with van der Waals surface area (Å²) in [5.41, 5.74) is 1.18. The lowest BCUT2D eigenvalue weighted by molar-refractivity contribution is 0.00272. The quantitative estimate of drug-likeness (QED) is 0.549. The third kappa shape index (κ3) is 5.74.